The normalized spacial score (nSPS) is 13.2. The van der Waals surface area contributed by atoms with Crippen LogP contribution in [0.25, 0.3) is 0 Å². The van der Waals surface area contributed by atoms with Crippen LogP contribution >= 0.6 is 0 Å². The average Bonchev–Trinajstić information content (AvgIpc) is 2.48. The molecule has 0 aliphatic heterocycles. The van der Waals surface area contributed by atoms with E-state index in [4.69, 9.17) is 15.9 Å². The molecule has 27 heavy (non-hydrogen) atoms. The molecule has 158 valence electrons. The number of hydrogen-bond acceptors (Lipinski definition) is 6. The Morgan fingerprint density at radius 3 is 1.70 bits per heavy atom. The number of nitrogens with two attached hydrogens (primary N) is 1. The second-order valence-corrected chi connectivity index (χ2v) is 8.54. The predicted octanol–water partition coefficient (Wildman–Crippen LogP) is 1.62. The summed E-state index contributed by atoms with van der Waals surface area (Å²) in [5, 5.41) is 12.2. The fourth-order valence-electron chi connectivity index (χ4n) is 1.39. The van der Waals surface area contributed by atoms with Crippen LogP contribution in [0.4, 0.5) is 0 Å². The van der Waals surface area contributed by atoms with Crippen LogP contribution in [0.15, 0.2) is 0 Å². The zero-order chi connectivity index (χ0) is 22.0. The lowest BCUT2D eigenvalue weighted by Crippen LogP contribution is -2.59. The highest BCUT2D eigenvalue weighted by atomic mass is 16.6. The van der Waals surface area contributed by atoms with Crippen molar-refractivity contribution in [3.8, 4) is 0 Å². The van der Waals surface area contributed by atoms with E-state index < -0.39 is 23.0 Å². The van der Waals surface area contributed by atoms with Crippen molar-refractivity contribution in [2.24, 2.45) is 17.6 Å². The van der Waals surface area contributed by atoms with Crippen LogP contribution in [0.5, 0.6) is 0 Å². The van der Waals surface area contributed by atoms with Gasteiger partial charge in [-0.3, -0.25) is 15.0 Å². The molecule has 0 aromatic heterocycles. The Hall–Kier alpha value is -1.96. The van der Waals surface area contributed by atoms with Crippen LogP contribution in [0.1, 0.15) is 62.3 Å². The topological polar surface area (TPSA) is 134 Å². The summed E-state index contributed by atoms with van der Waals surface area (Å²) in [4.78, 5) is 34.2. The number of carbonyl (C=O) groups is 3. The fraction of sp³-hybridized carbons (Fsp3) is 0.789. The van der Waals surface area contributed by atoms with Crippen molar-refractivity contribution in [2.75, 3.05) is 13.1 Å². The second kappa shape index (κ2) is 11.7. The standard InChI is InChI=1S/C12H24N2O3.C7H14N2O/c1-8(2)7-14-9(15)12(6,13)10(16)17-11(3,4)5;1-5(2)4-9-7(10)6(3)8/h8H,7,13H2,1-6H3,(H,14,15);5,8H,4H2,1-3H3,(H,9,10)/t12-;/m0./s1. The Balaban J connectivity index is 0. The molecule has 5 N–H and O–H groups in total. The van der Waals surface area contributed by atoms with Gasteiger partial charge in [0.1, 0.15) is 5.60 Å². The molecule has 0 rings (SSSR count). The van der Waals surface area contributed by atoms with Gasteiger partial charge in [-0.15, -0.1) is 0 Å². The van der Waals surface area contributed by atoms with E-state index in [1.807, 2.05) is 27.7 Å². The highest BCUT2D eigenvalue weighted by Crippen LogP contribution is 2.12. The summed E-state index contributed by atoms with van der Waals surface area (Å²) in [6.45, 7) is 17.1. The smallest absolute Gasteiger partial charge is 0.336 e. The molecule has 2 amide bonds. The molecule has 0 aliphatic carbocycles. The first-order valence-corrected chi connectivity index (χ1v) is 9.14. The molecule has 0 bridgehead atoms. The van der Waals surface area contributed by atoms with Crippen LogP contribution < -0.4 is 16.4 Å². The Kier molecular flexibility index (Phi) is 11.8. The van der Waals surface area contributed by atoms with Crippen LogP contribution in [0.3, 0.4) is 0 Å². The molecule has 0 radical (unpaired) electrons. The SMILES string of the molecule is CC(=N)C(=O)NCC(C)C.CC(C)CNC(=O)[C@](C)(N)C(=O)OC(C)(C)C. The van der Waals surface area contributed by atoms with Gasteiger partial charge < -0.3 is 21.1 Å². The number of ether oxygens (including phenoxy) is 1. The van der Waals surface area contributed by atoms with Gasteiger partial charge in [-0.2, -0.15) is 0 Å². The van der Waals surface area contributed by atoms with E-state index in [1.54, 1.807) is 20.8 Å². The van der Waals surface area contributed by atoms with Gasteiger partial charge in [-0.25, -0.2) is 4.79 Å². The molecule has 0 aromatic rings. The number of esters is 1. The van der Waals surface area contributed by atoms with E-state index >= 15 is 0 Å². The van der Waals surface area contributed by atoms with Gasteiger partial charge in [-0.1, -0.05) is 27.7 Å². The van der Waals surface area contributed by atoms with Crippen molar-refractivity contribution >= 4 is 23.5 Å². The zero-order valence-electron chi connectivity index (χ0n) is 18.3. The minimum atomic E-state index is -1.65. The number of rotatable bonds is 7. The molecule has 8 heteroatoms. The van der Waals surface area contributed by atoms with Crippen molar-refractivity contribution in [1.29, 1.82) is 5.41 Å². The van der Waals surface area contributed by atoms with Gasteiger partial charge in [0.15, 0.2) is 5.54 Å². The van der Waals surface area contributed by atoms with Crippen LogP contribution in [0, 0.1) is 17.2 Å². The third-order valence-electron chi connectivity index (χ3n) is 2.98. The summed E-state index contributed by atoms with van der Waals surface area (Å²) >= 11 is 0. The maximum Gasteiger partial charge on any atom is 0.336 e. The van der Waals surface area contributed by atoms with Crippen LogP contribution in [-0.4, -0.2) is 47.7 Å². The third kappa shape index (κ3) is 13.8. The molecule has 0 fully saturated rings. The van der Waals surface area contributed by atoms with Gasteiger partial charge >= 0.3 is 5.97 Å². The van der Waals surface area contributed by atoms with Crippen molar-refractivity contribution in [3.05, 3.63) is 0 Å². The number of carbonyl (C=O) groups excluding carboxylic acids is 3. The minimum Gasteiger partial charge on any atom is -0.458 e. The van der Waals surface area contributed by atoms with E-state index in [0.717, 1.165) is 0 Å². The van der Waals surface area contributed by atoms with Crippen molar-refractivity contribution in [1.82, 2.24) is 10.6 Å². The predicted molar refractivity (Wildman–Crippen MR) is 108 cm³/mol. The molecule has 1 atom stereocenters. The summed E-state index contributed by atoms with van der Waals surface area (Å²) in [5.74, 6) is -0.753. The Morgan fingerprint density at radius 1 is 0.963 bits per heavy atom. The molecule has 0 saturated heterocycles. The second-order valence-electron chi connectivity index (χ2n) is 8.54. The molecule has 8 nitrogen and oxygen atoms in total. The lowest BCUT2D eigenvalue weighted by molar-refractivity contribution is -0.163. The highest BCUT2D eigenvalue weighted by molar-refractivity contribution is 6.36. The van der Waals surface area contributed by atoms with E-state index in [-0.39, 0.29) is 11.6 Å². The van der Waals surface area contributed by atoms with Gasteiger partial charge in [0.2, 0.25) is 0 Å². The van der Waals surface area contributed by atoms with Crippen LogP contribution in [-0.2, 0) is 19.1 Å². The quantitative estimate of drug-likeness (QED) is 0.300. The lowest BCUT2D eigenvalue weighted by atomic mass is 10.0. The van der Waals surface area contributed by atoms with E-state index in [0.29, 0.717) is 24.9 Å². The molecule has 0 aromatic carbocycles. The molecule has 0 aliphatic rings. The molecular formula is C19H38N4O4. The number of hydrogen-bond donors (Lipinski definition) is 4. The van der Waals surface area contributed by atoms with E-state index in [1.165, 1.54) is 13.8 Å². The monoisotopic (exact) mass is 386 g/mol. The third-order valence-corrected chi connectivity index (χ3v) is 2.98. The van der Waals surface area contributed by atoms with Crippen molar-refractivity contribution < 1.29 is 19.1 Å². The molecular weight excluding hydrogens is 348 g/mol. The first-order valence-electron chi connectivity index (χ1n) is 9.14. The fourth-order valence-corrected chi connectivity index (χ4v) is 1.39. The van der Waals surface area contributed by atoms with Crippen LogP contribution in [0.2, 0.25) is 0 Å². The van der Waals surface area contributed by atoms with Gasteiger partial charge in [0.25, 0.3) is 11.8 Å². The first-order chi connectivity index (χ1) is 12.0. The Labute approximate surface area is 163 Å². The first kappa shape index (κ1) is 27.3. The van der Waals surface area contributed by atoms with Gasteiger partial charge in [0, 0.05) is 13.1 Å². The van der Waals surface area contributed by atoms with Crippen molar-refractivity contribution in [2.45, 2.75) is 73.5 Å². The van der Waals surface area contributed by atoms with E-state index in [2.05, 4.69) is 10.6 Å². The molecule has 0 spiro atoms. The summed E-state index contributed by atoms with van der Waals surface area (Å²) < 4.78 is 5.11. The largest absolute Gasteiger partial charge is 0.458 e. The molecule has 0 saturated carbocycles. The lowest BCUT2D eigenvalue weighted by Gasteiger charge is -2.27. The summed E-state index contributed by atoms with van der Waals surface area (Å²) in [5.41, 5.74) is 3.47. The number of nitrogens with one attached hydrogen (secondary N) is 3. The summed E-state index contributed by atoms with van der Waals surface area (Å²) in [6, 6.07) is 0. The highest BCUT2D eigenvalue weighted by Gasteiger charge is 2.40. The van der Waals surface area contributed by atoms with Gasteiger partial charge in [0.05, 0.1) is 5.71 Å². The minimum absolute atomic E-state index is 0.0700. The summed E-state index contributed by atoms with van der Waals surface area (Å²) in [7, 11) is 0. The average molecular weight is 387 g/mol. The zero-order valence-corrected chi connectivity index (χ0v) is 18.3. The molecule has 0 unspecified atom stereocenters. The van der Waals surface area contributed by atoms with E-state index in [9.17, 15) is 14.4 Å². The summed E-state index contributed by atoms with van der Waals surface area (Å²) in [6.07, 6.45) is 0. The maximum absolute atomic E-state index is 11.8. The van der Waals surface area contributed by atoms with Gasteiger partial charge in [-0.05, 0) is 46.5 Å². The Bertz CT molecular complexity index is 520. The number of amides is 2. The Morgan fingerprint density at radius 2 is 1.37 bits per heavy atom. The maximum atomic E-state index is 11.8. The molecule has 0 heterocycles. The van der Waals surface area contributed by atoms with Crippen molar-refractivity contribution in [3.63, 3.8) is 0 Å².